The first kappa shape index (κ1) is 21.7. The Morgan fingerprint density at radius 3 is 2.81 bits per heavy atom. The van der Waals surface area contributed by atoms with Crippen molar-refractivity contribution in [2.75, 3.05) is 60.0 Å². The SMILES string of the molecule is CCNC(=NCC1CCCN1Cc1ccccc1)NCCN(C)CCOC. The Hall–Kier alpha value is -1.63. The number of likely N-dealkylation sites (N-methyl/N-ethyl adjacent to an activating group) is 1. The third-order valence-electron chi connectivity index (χ3n) is 5.00. The smallest absolute Gasteiger partial charge is 0.191 e. The zero-order chi connectivity index (χ0) is 19.3. The van der Waals surface area contributed by atoms with E-state index in [1.54, 1.807) is 7.11 Å². The number of nitrogens with zero attached hydrogens (tertiary/aromatic N) is 3. The molecule has 1 unspecified atom stereocenters. The molecule has 1 aromatic carbocycles. The Balaban J connectivity index is 1.80. The number of benzene rings is 1. The Morgan fingerprint density at radius 1 is 1.26 bits per heavy atom. The van der Waals surface area contributed by atoms with E-state index < -0.39 is 0 Å². The highest BCUT2D eigenvalue weighted by Crippen LogP contribution is 2.20. The highest BCUT2D eigenvalue weighted by atomic mass is 16.5. The van der Waals surface area contributed by atoms with Crippen LogP contribution in [0.3, 0.4) is 0 Å². The molecule has 6 heteroatoms. The maximum Gasteiger partial charge on any atom is 0.191 e. The molecule has 1 aliphatic heterocycles. The second-order valence-electron chi connectivity index (χ2n) is 7.19. The monoisotopic (exact) mass is 375 g/mol. The first-order valence-corrected chi connectivity index (χ1v) is 10.2. The molecule has 2 N–H and O–H groups in total. The summed E-state index contributed by atoms with van der Waals surface area (Å²) in [4.78, 5) is 9.69. The third-order valence-corrected chi connectivity index (χ3v) is 5.00. The van der Waals surface area contributed by atoms with Crippen LogP contribution in [-0.2, 0) is 11.3 Å². The summed E-state index contributed by atoms with van der Waals surface area (Å²) in [5, 5.41) is 6.82. The number of methoxy groups -OCH3 is 1. The van der Waals surface area contributed by atoms with E-state index in [2.05, 4.69) is 64.7 Å². The molecule has 2 rings (SSSR count). The average molecular weight is 376 g/mol. The lowest BCUT2D eigenvalue weighted by Crippen LogP contribution is -2.42. The van der Waals surface area contributed by atoms with Crippen molar-refractivity contribution in [2.24, 2.45) is 4.99 Å². The van der Waals surface area contributed by atoms with Gasteiger partial charge in [-0.15, -0.1) is 0 Å². The van der Waals surface area contributed by atoms with Crippen LogP contribution in [0.2, 0.25) is 0 Å². The number of aliphatic imine (C=N–C) groups is 1. The molecule has 1 saturated heterocycles. The van der Waals surface area contributed by atoms with Crippen molar-refractivity contribution in [1.82, 2.24) is 20.4 Å². The fraction of sp³-hybridized carbons (Fsp3) is 0.667. The van der Waals surface area contributed by atoms with Gasteiger partial charge in [-0.2, -0.15) is 0 Å². The Labute approximate surface area is 165 Å². The molecule has 1 heterocycles. The van der Waals surface area contributed by atoms with Gasteiger partial charge < -0.3 is 20.3 Å². The normalized spacial score (nSPS) is 18.2. The van der Waals surface area contributed by atoms with E-state index in [9.17, 15) is 0 Å². The van der Waals surface area contributed by atoms with Crippen molar-refractivity contribution in [3.8, 4) is 0 Å². The molecular weight excluding hydrogens is 338 g/mol. The fourth-order valence-electron chi connectivity index (χ4n) is 3.39. The predicted molar refractivity (Wildman–Crippen MR) is 113 cm³/mol. The first-order chi connectivity index (χ1) is 13.2. The highest BCUT2D eigenvalue weighted by molar-refractivity contribution is 5.79. The molecule has 0 aromatic heterocycles. The van der Waals surface area contributed by atoms with Crippen LogP contribution in [-0.4, -0.2) is 81.8 Å². The molecule has 0 spiro atoms. The minimum atomic E-state index is 0.532. The summed E-state index contributed by atoms with van der Waals surface area (Å²) < 4.78 is 5.12. The lowest BCUT2D eigenvalue weighted by Gasteiger charge is -2.24. The summed E-state index contributed by atoms with van der Waals surface area (Å²) in [5.41, 5.74) is 1.39. The number of rotatable bonds is 11. The molecule has 1 atom stereocenters. The zero-order valence-electron chi connectivity index (χ0n) is 17.3. The zero-order valence-corrected chi connectivity index (χ0v) is 17.3. The Bertz CT molecular complexity index is 537. The maximum absolute atomic E-state index is 5.12. The lowest BCUT2D eigenvalue weighted by atomic mass is 10.2. The second kappa shape index (κ2) is 12.7. The van der Waals surface area contributed by atoms with E-state index in [-0.39, 0.29) is 0 Å². The summed E-state index contributed by atoms with van der Waals surface area (Å²) in [7, 11) is 3.86. The third kappa shape index (κ3) is 8.28. The molecule has 6 nitrogen and oxygen atoms in total. The number of ether oxygens (including phenoxy) is 1. The van der Waals surface area contributed by atoms with Crippen LogP contribution in [0.4, 0.5) is 0 Å². The molecule has 1 fully saturated rings. The van der Waals surface area contributed by atoms with Crippen molar-refractivity contribution in [3.63, 3.8) is 0 Å². The summed E-state index contributed by atoms with van der Waals surface area (Å²) >= 11 is 0. The molecule has 1 aliphatic rings. The van der Waals surface area contributed by atoms with Gasteiger partial charge >= 0.3 is 0 Å². The molecule has 1 aromatic rings. The second-order valence-corrected chi connectivity index (χ2v) is 7.19. The largest absolute Gasteiger partial charge is 0.383 e. The van der Waals surface area contributed by atoms with Crippen molar-refractivity contribution in [1.29, 1.82) is 0 Å². The lowest BCUT2D eigenvalue weighted by molar-refractivity contribution is 0.162. The molecular formula is C21H37N5O. The van der Waals surface area contributed by atoms with Crippen LogP contribution in [0.1, 0.15) is 25.3 Å². The van der Waals surface area contributed by atoms with Gasteiger partial charge in [0.1, 0.15) is 0 Å². The van der Waals surface area contributed by atoms with E-state index in [1.165, 1.54) is 24.9 Å². The molecule has 152 valence electrons. The minimum absolute atomic E-state index is 0.532. The van der Waals surface area contributed by atoms with Gasteiger partial charge in [0.15, 0.2) is 5.96 Å². The summed E-state index contributed by atoms with van der Waals surface area (Å²) in [6, 6.07) is 11.3. The first-order valence-electron chi connectivity index (χ1n) is 10.2. The predicted octanol–water partition coefficient (Wildman–Crippen LogP) is 1.78. The van der Waals surface area contributed by atoms with Gasteiger partial charge in [0.25, 0.3) is 0 Å². The van der Waals surface area contributed by atoms with Crippen molar-refractivity contribution < 1.29 is 4.74 Å². The summed E-state index contributed by atoms with van der Waals surface area (Å²) in [6.45, 7) is 9.59. The van der Waals surface area contributed by atoms with Crippen molar-refractivity contribution in [2.45, 2.75) is 32.4 Å². The van der Waals surface area contributed by atoms with Gasteiger partial charge in [-0.25, -0.2) is 0 Å². The van der Waals surface area contributed by atoms with Crippen LogP contribution in [0.5, 0.6) is 0 Å². The fourth-order valence-corrected chi connectivity index (χ4v) is 3.39. The van der Waals surface area contributed by atoms with E-state index in [4.69, 9.17) is 9.73 Å². The standard InChI is InChI=1S/C21H37N5O/c1-4-22-21(23-12-14-25(2)15-16-27-3)24-17-20-11-8-13-26(20)18-19-9-6-5-7-10-19/h5-7,9-10,20H,4,8,11-18H2,1-3H3,(H2,22,23,24). The van der Waals surface area contributed by atoms with Crippen LogP contribution < -0.4 is 10.6 Å². The quantitative estimate of drug-likeness (QED) is 0.456. The Kier molecular flexibility index (Phi) is 10.2. The number of nitrogens with one attached hydrogen (secondary N) is 2. The number of likely N-dealkylation sites (tertiary alicyclic amines) is 1. The van der Waals surface area contributed by atoms with Crippen LogP contribution >= 0.6 is 0 Å². The maximum atomic E-state index is 5.12. The van der Waals surface area contributed by atoms with Crippen LogP contribution in [0.15, 0.2) is 35.3 Å². The van der Waals surface area contributed by atoms with Gasteiger partial charge in [-0.1, -0.05) is 30.3 Å². The van der Waals surface area contributed by atoms with E-state index in [1.807, 2.05) is 0 Å². The number of hydrogen-bond donors (Lipinski definition) is 2. The Morgan fingerprint density at radius 2 is 2.07 bits per heavy atom. The minimum Gasteiger partial charge on any atom is -0.383 e. The van der Waals surface area contributed by atoms with Crippen molar-refractivity contribution >= 4 is 5.96 Å². The van der Waals surface area contributed by atoms with Crippen LogP contribution in [0.25, 0.3) is 0 Å². The molecule has 0 amide bonds. The van der Waals surface area contributed by atoms with Crippen molar-refractivity contribution in [3.05, 3.63) is 35.9 Å². The average Bonchev–Trinajstić information content (AvgIpc) is 3.12. The van der Waals surface area contributed by atoms with E-state index >= 15 is 0 Å². The number of hydrogen-bond acceptors (Lipinski definition) is 4. The molecule has 0 saturated carbocycles. The topological polar surface area (TPSA) is 52.1 Å². The summed E-state index contributed by atoms with van der Waals surface area (Å²) in [6.07, 6.45) is 2.50. The number of guanidine groups is 1. The van der Waals surface area contributed by atoms with Gasteiger partial charge in [0.05, 0.1) is 13.2 Å². The molecule has 27 heavy (non-hydrogen) atoms. The van der Waals surface area contributed by atoms with Gasteiger partial charge in [0, 0.05) is 45.9 Å². The molecule has 0 aliphatic carbocycles. The summed E-state index contributed by atoms with van der Waals surface area (Å²) in [5.74, 6) is 0.921. The van der Waals surface area contributed by atoms with E-state index in [0.29, 0.717) is 6.04 Å². The van der Waals surface area contributed by atoms with Gasteiger partial charge in [-0.3, -0.25) is 9.89 Å². The van der Waals surface area contributed by atoms with Gasteiger partial charge in [0.2, 0.25) is 0 Å². The van der Waals surface area contributed by atoms with Crippen LogP contribution in [0, 0.1) is 0 Å². The highest BCUT2D eigenvalue weighted by Gasteiger charge is 2.24. The molecule has 0 radical (unpaired) electrons. The van der Waals surface area contributed by atoms with E-state index in [0.717, 1.165) is 51.8 Å². The molecule has 0 bridgehead atoms. The van der Waals surface area contributed by atoms with Gasteiger partial charge in [-0.05, 0) is 38.9 Å².